The first kappa shape index (κ1) is 21.1. The monoisotopic (exact) mass is 442 g/mol. The fourth-order valence-electron chi connectivity index (χ4n) is 2.44. The van der Waals surface area contributed by atoms with Gasteiger partial charge in [0.15, 0.2) is 0 Å². The number of nitrogens with one attached hydrogen (secondary N) is 1. The van der Waals surface area contributed by atoms with Gasteiger partial charge in [-0.25, -0.2) is 8.42 Å². The highest BCUT2D eigenvalue weighted by Crippen LogP contribution is 2.30. The van der Waals surface area contributed by atoms with Gasteiger partial charge < -0.3 is 15.0 Å². The third-order valence-corrected chi connectivity index (χ3v) is 5.17. The summed E-state index contributed by atoms with van der Waals surface area (Å²) in [5.41, 5.74) is 5.20. The molecule has 13 heteroatoms. The lowest BCUT2D eigenvalue weighted by Crippen LogP contribution is -2.16. The zero-order valence-corrected chi connectivity index (χ0v) is 15.9. The first-order valence-electron chi connectivity index (χ1n) is 8.03. The molecule has 0 atom stereocenters. The number of hydrogen-bond donors (Lipinski definition) is 2. The number of halogens is 3. The molecule has 0 aliphatic carbocycles. The van der Waals surface area contributed by atoms with E-state index in [4.69, 9.17) is 10.5 Å². The standard InChI is InChI=1S/C17H13F3N4O5S/c1-28-13-6-5-11(8-12(13)14(21)25)30(26,27)24-10-4-2-3-9(7-10)15-22-16(29-23-15)17(18,19)20/h2-8,24H,1H3,(H2,21,25). The number of carbonyl (C=O) groups is 1. The molecule has 0 radical (unpaired) electrons. The second-order valence-electron chi connectivity index (χ2n) is 5.83. The lowest BCUT2D eigenvalue weighted by atomic mass is 10.2. The fraction of sp³-hybridized carbons (Fsp3) is 0.118. The Kier molecular flexibility index (Phi) is 5.39. The molecule has 0 fully saturated rings. The molecular formula is C17H13F3N4O5S. The molecule has 0 saturated carbocycles. The summed E-state index contributed by atoms with van der Waals surface area (Å²) in [5.74, 6) is -2.69. The van der Waals surface area contributed by atoms with E-state index in [1.165, 1.54) is 43.5 Å². The lowest BCUT2D eigenvalue weighted by molar-refractivity contribution is -0.159. The van der Waals surface area contributed by atoms with Crippen LogP contribution in [0.2, 0.25) is 0 Å². The normalized spacial score (nSPS) is 11.9. The van der Waals surface area contributed by atoms with Gasteiger partial charge in [0.25, 0.3) is 15.9 Å². The van der Waals surface area contributed by atoms with E-state index in [1.807, 2.05) is 0 Å². The van der Waals surface area contributed by atoms with Crippen LogP contribution in [0.1, 0.15) is 16.2 Å². The molecular weight excluding hydrogens is 429 g/mol. The second kappa shape index (κ2) is 7.67. The Balaban J connectivity index is 1.91. The van der Waals surface area contributed by atoms with Gasteiger partial charge in [0, 0.05) is 11.3 Å². The average molecular weight is 442 g/mol. The zero-order valence-electron chi connectivity index (χ0n) is 15.1. The minimum atomic E-state index is -4.81. The molecule has 0 spiro atoms. The molecule has 0 unspecified atom stereocenters. The summed E-state index contributed by atoms with van der Waals surface area (Å²) in [6.45, 7) is 0. The number of carbonyl (C=O) groups excluding carboxylic acids is 1. The number of sulfonamides is 1. The fourth-order valence-corrected chi connectivity index (χ4v) is 3.51. The van der Waals surface area contributed by atoms with Crippen molar-refractivity contribution in [3.05, 3.63) is 53.9 Å². The highest BCUT2D eigenvalue weighted by molar-refractivity contribution is 7.92. The minimum absolute atomic E-state index is 0.0160. The van der Waals surface area contributed by atoms with Crippen LogP contribution in [-0.2, 0) is 16.2 Å². The van der Waals surface area contributed by atoms with Crippen LogP contribution < -0.4 is 15.2 Å². The summed E-state index contributed by atoms with van der Waals surface area (Å²) in [7, 11) is -2.88. The van der Waals surface area contributed by atoms with Gasteiger partial charge in [-0.3, -0.25) is 9.52 Å². The number of alkyl halides is 3. The van der Waals surface area contributed by atoms with Crippen LogP contribution in [0.25, 0.3) is 11.4 Å². The molecule has 0 aliphatic heterocycles. The number of methoxy groups -OCH3 is 1. The Hall–Kier alpha value is -3.61. The van der Waals surface area contributed by atoms with Crippen molar-refractivity contribution in [2.45, 2.75) is 11.1 Å². The van der Waals surface area contributed by atoms with Crippen LogP contribution in [0.15, 0.2) is 51.9 Å². The van der Waals surface area contributed by atoms with E-state index in [0.29, 0.717) is 0 Å². The van der Waals surface area contributed by atoms with Crippen LogP contribution in [0.5, 0.6) is 5.75 Å². The number of amides is 1. The van der Waals surface area contributed by atoms with Crippen LogP contribution in [0.3, 0.4) is 0 Å². The lowest BCUT2D eigenvalue weighted by Gasteiger charge is -2.11. The van der Waals surface area contributed by atoms with Crippen molar-refractivity contribution in [3.8, 4) is 17.1 Å². The number of benzene rings is 2. The number of primary amides is 1. The van der Waals surface area contributed by atoms with Crippen molar-refractivity contribution >= 4 is 21.6 Å². The molecule has 0 saturated heterocycles. The molecule has 3 rings (SSSR count). The summed E-state index contributed by atoms with van der Waals surface area (Å²) in [5, 5.41) is 3.25. The molecule has 158 valence electrons. The van der Waals surface area contributed by atoms with Gasteiger partial charge in [0.05, 0.1) is 17.6 Å². The Morgan fingerprint density at radius 3 is 2.53 bits per heavy atom. The Morgan fingerprint density at radius 2 is 1.93 bits per heavy atom. The van der Waals surface area contributed by atoms with Gasteiger partial charge in [-0.05, 0) is 30.3 Å². The molecule has 1 aromatic heterocycles. The summed E-state index contributed by atoms with van der Waals surface area (Å²) >= 11 is 0. The smallest absolute Gasteiger partial charge is 0.471 e. The number of aromatic nitrogens is 2. The number of rotatable bonds is 6. The summed E-state index contributed by atoms with van der Waals surface area (Å²) < 4.78 is 74.6. The predicted molar refractivity (Wildman–Crippen MR) is 97.1 cm³/mol. The number of hydrogen-bond acceptors (Lipinski definition) is 7. The van der Waals surface area contributed by atoms with Crippen molar-refractivity contribution in [1.82, 2.24) is 10.1 Å². The van der Waals surface area contributed by atoms with E-state index in [1.54, 1.807) is 0 Å². The van der Waals surface area contributed by atoms with Gasteiger partial charge >= 0.3 is 12.1 Å². The van der Waals surface area contributed by atoms with Crippen molar-refractivity contribution in [3.63, 3.8) is 0 Å². The van der Waals surface area contributed by atoms with Crippen LogP contribution >= 0.6 is 0 Å². The van der Waals surface area contributed by atoms with Crippen molar-refractivity contribution < 1.29 is 35.6 Å². The summed E-state index contributed by atoms with van der Waals surface area (Å²) in [4.78, 5) is 14.5. The van der Waals surface area contributed by atoms with Crippen molar-refractivity contribution in [2.24, 2.45) is 5.73 Å². The molecule has 9 nitrogen and oxygen atoms in total. The summed E-state index contributed by atoms with van der Waals surface area (Å²) in [6.07, 6.45) is -4.81. The second-order valence-corrected chi connectivity index (χ2v) is 7.52. The molecule has 30 heavy (non-hydrogen) atoms. The summed E-state index contributed by atoms with van der Waals surface area (Å²) in [6, 6.07) is 8.86. The highest BCUT2D eigenvalue weighted by Gasteiger charge is 2.38. The third kappa shape index (κ3) is 4.35. The van der Waals surface area contributed by atoms with Gasteiger partial charge in [-0.2, -0.15) is 18.2 Å². The van der Waals surface area contributed by atoms with Crippen molar-refractivity contribution in [2.75, 3.05) is 11.8 Å². The molecule has 2 aromatic carbocycles. The minimum Gasteiger partial charge on any atom is -0.496 e. The number of anilines is 1. The van der Waals surface area contributed by atoms with Crippen LogP contribution in [0, 0.1) is 0 Å². The van der Waals surface area contributed by atoms with E-state index >= 15 is 0 Å². The largest absolute Gasteiger partial charge is 0.496 e. The molecule has 0 bridgehead atoms. The number of ether oxygens (including phenoxy) is 1. The van der Waals surface area contributed by atoms with Gasteiger partial charge in [0.1, 0.15) is 5.75 Å². The predicted octanol–water partition coefficient (Wildman–Crippen LogP) is 2.66. The first-order valence-corrected chi connectivity index (χ1v) is 9.51. The number of nitrogens with zero attached hydrogens (tertiary/aromatic N) is 2. The molecule has 3 aromatic rings. The quantitative estimate of drug-likeness (QED) is 0.599. The maximum Gasteiger partial charge on any atom is 0.471 e. The van der Waals surface area contributed by atoms with E-state index in [0.717, 1.165) is 6.07 Å². The van der Waals surface area contributed by atoms with Crippen LogP contribution in [-0.4, -0.2) is 31.6 Å². The van der Waals surface area contributed by atoms with Crippen molar-refractivity contribution in [1.29, 1.82) is 0 Å². The Morgan fingerprint density at radius 1 is 1.20 bits per heavy atom. The van der Waals surface area contributed by atoms with E-state index in [9.17, 15) is 26.4 Å². The van der Waals surface area contributed by atoms with E-state index in [2.05, 4.69) is 19.4 Å². The van der Waals surface area contributed by atoms with Gasteiger partial charge in [-0.1, -0.05) is 17.3 Å². The van der Waals surface area contributed by atoms with Crippen LogP contribution in [0.4, 0.5) is 18.9 Å². The third-order valence-electron chi connectivity index (χ3n) is 3.79. The first-order chi connectivity index (χ1) is 14.0. The number of nitrogens with two attached hydrogens (primary N) is 1. The van der Waals surface area contributed by atoms with E-state index in [-0.39, 0.29) is 33.3 Å². The Bertz CT molecular complexity index is 1210. The molecule has 1 heterocycles. The SMILES string of the molecule is COc1ccc(S(=O)(=O)Nc2cccc(-c3noc(C(F)(F)F)n3)c2)cc1C(N)=O. The highest BCUT2D eigenvalue weighted by atomic mass is 32.2. The maximum absolute atomic E-state index is 12.7. The average Bonchev–Trinajstić information content (AvgIpc) is 3.18. The van der Waals surface area contributed by atoms with E-state index < -0.39 is 28.0 Å². The molecule has 3 N–H and O–H groups in total. The zero-order chi connectivity index (χ0) is 22.1. The molecule has 0 aliphatic rings. The Labute approximate surface area is 167 Å². The topological polar surface area (TPSA) is 137 Å². The molecule has 1 amide bonds. The van der Waals surface area contributed by atoms with Gasteiger partial charge in [0.2, 0.25) is 5.82 Å². The van der Waals surface area contributed by atoms with Gasteiger partial charge in [-0.15, -0.1) is 0 Å². The maximum atomic E-state index is 12.7.